The van der Waals surface area contributed by atoms with E-state index < -0.39 is 17.5 Å². The lowest BCUT2D eigenvalue weighted by Crippen LogP contribution is -2.45. The zero-order chi connectivity index (χ0) is 23.7. The standard InChI is InChI=1S/C23H31F3N2O2S/c1-7-9-10-11-17(3)14-31-15-22(29,23(24,25)26)19-12-18(4)20(13-21(19)30-6)27-16-28(5)8-2/h7,9-13,16,29H,3,8,14-15H2,1-2,4-6H3/b9-7-,11-10-,27-16+. The number of ether oxygens (including phenoxy) is 1. The van der Waals surface area contributed by atoms with Gasteiger partial charge in [-0.15, -0.1) is 0 Å². The smallest absolute Gasteiger partial charge is 0.422 e. The monoisotopic (exact) mass is 456 g/mol. The number of hydrogen-bond donors (Lipinski definition) is 1. The molecule has 1 atom stereocenters. The molecule has 4 nitrogen and oxygen atoms in total. The topological polar surface area (TPSA) is 45.1 Å². The molecule has 0 saturated carbocycles. The summed E-state index contributed by atoms with van der Waals surface area (Å²) in [4.78, 5) is 6.15. The second-order valence-electron chi connectivity index (χ2n) is 7.05. The summed E-state index contributed by atoms with van der Waals surface area (Å²) in [6.45, 7) is 10.0. The third kappa shape index (κ3) is 7.47. The number of nitrogens with zero attached hydrogens (tertiary/aromatic N) is 2. The van der Waals surface area contributed by atoms with Gasteiger partial charge in [0.1, 0.15) is 5.75 Å². The Hall–Kier alpha value is -2.19. The second kappa shape index (κ2) is 12.0. The molecule has 1 aromatic carbocycles. The number of thioether (sulfide) groups is 1. The van der Waals surface area contributed by atoms with Crippen LogP contribution in [0.1, 0.15) is 25.0 Å². The fourth-order valence-electron chi connectivity index (χ4n) is 2.54. The first-order valence-corrected chi connectivity index (χ1v) is 10.9. The van der Waals surface area contributed by atoms with Crippen LogP contribution in [0.15, 0.2) is 53.6 Å². The molecule has 0 aromatic heterocycles. The molecular weight excluding hydrogens is 425 g/mol. The van der Waals surface area contributed by atoms with Crippen LogP contribution in [0.2, 0.25) is 0 Å². The molecule has 0 radical (unpaired) electrons. The van der Waals surface area contributed by atoms with Crippen LogP contribution < -0.4 is 4.74 Å². The van der Waals surface area contributed by atoms with Gasteiger partial charge in [0.2, 0.25) is 0 Å². The Balaban J connectivity index is 3.24. The highest BCUT2D eigenvalue weighted by molar-refractivity contribution is 7.99. The average molecular weight is 457 g/mol. The number of halogens is 3. The van der Waals surface area contributed by atoms with E-state index >= 15 is 0 Å². The van der Waals surface area contributed by atoms with Crippen molar-refractivity contribution < 1.29 is 23.0 Å². The van der Waals surface area contributed by atoms with Crippen LogP contribution in [0.3, 0.4) is 0 Å². The summed E-state index contributed by atoms with van der Waals surface area (Å²) in [6.07, 6.45) is 3.83. The van der Waals surface area contributed by atoms with Crippen LogP contribution in [0.25, 0.3) is 0 Å². The van der Waals surface area contributed by atoms with E-state index in [1.165, 1.54) is 19.2 Å². The van der Waals surface area contributed by atoms with Crippen LogP contribution in [0.4, 0.5) is 18.9 Å². The molecule has 8 heteroatoms. The van der Waals surface area contributed by atoms with E-state index in [1.54, 1.807) is 31.5 Å². The van der Waals surface area contributed by atoms with Gasteiger partial charge >= 0.3 is 6.18 Å². The van der Waals surface area contributed by atoms with Gasteiger partial charge in [-0.2, -0.15) is 24.9 Å². The van der Waals surface area contributed by atoms with Crippen molar-refractivity contribution in [2.24, 2.45) is 4.99 Å². The Bertz CT molecular complexity index is 835. The number of methoxy groups -OCH3 is 1. The molecule has 1 rings (SSSR count). The first kappa shape index (κ1) is 26.8. The Kier molecular flexibility index (Phi) is 10.4. The highest BCUT2D eigenvalue weighted by atomic mass is 32.2. The number of aliphatic hydroxyl groups is 1. The van der Waals surface area contributed by atoms with Crippen molar-refractivity contribution in [3.8, 4) is 5.75 Å². The highest BCUT2D eigenvalue weighted by Gasteiger charge is 2.56. The Morgan fingerprint density at radius 2 is 2.00 bits per heavy atom. The number of benzene rings is 1. The molecule has 1 aromatic rings. The lowest BCUT2D eigenvalue weighted by Gasteiger charge is -2.32. The van der Waals surface area contributed by atoms with Crippen molar-refractivity contribution in [1.29, 1.82) is 0 Å². The summed E-state index contributed by atoms with van der Waals surface area (Å²) < 4.78 is 47.2. The fourth-order valence-corrected chi connectivity index (χ4v) is 3.62. The van der Waals surface area contributed by atoms with Crippen LogP contribution in [-0.2, 0) is 5.60 Å². The highest BCUT2D eigenvalue weighted by Crippen LogP contribution is 2.46. The van der Waals surface area contributed by atoms with Crippen LogP contribution >= 0.6 is 11.8 Å². The molecule has 0 amide bonds. The molecule has 1 unspecified atom stereocenters. The van der Waals surface area contributed by atoms with Crippen LogP contribution in [0.5, 0.6) is 5.75 Å². The van der Waals surface area contributed by atoms with Crippen molar-refractivity contribution in [2.75, 3.05) is 32.2 Å². The molecular formula is C23H31F3N2O2S. The molecule has 0 aliphatic heterocycles. The molecule has 1 N–H and O–H groups in total. The molecule has 0 heterocycles. The second-order valence-corrected chi connectivity index (χ2v) is 8.04. The maximum atomic E-state index is 14.0. The summed E-state index contributed by atoms with van der Waals surface area (Å²) in [6, 6.07) is 2.72. The Morgan fingerprint density at radius 1 is 1.32 bits per heavy atom. The molecule has 172 valence electrons. The van der Waals surface area contributed by atoms with Crippen molar-refractivity contribution in [3.05, 3.63) is 59.7 Å². The van der Waals surface area contributed by atoms with Gasteiger partial charge in [-0.1, -0.05) is 30.9 Å². The summed E-state index contributed by atoms with van der Waals surface area (Å²) in [5.41, 5.74) is -1.78. The number of aryl methyl sites for hydroxylation is 1. The number of hydrogen-bond acceptors (Lipinski definition) is 4. The maximum Gasteiger partial charge on any atom is 0.422 e. The zero-order valence-electron chi connectivity index (χ0n) is 18.7. The molecule has 0 aliphatic carbocycles. The van der Waals surface area contributed by atoms with Crippen LogP contribution in [0, 0.1) is 6.92 Å². The minimum atomic E-state index is -4.89. The zero-order valence-corrected chi connectivity index (χ0v) is 19.5. The molecule has 0 bridgehead atoms. The third-order valence-electron chi connectivity index (χ3n) is 4.56. The third-order valence-corrected chi connectivity index (χ3v) is 5.76. The van der Waals surface area contributed by atoms with E-state index in [-0.39, 0.29) is 17.1 Å². The van der Waals surface area contributed by atoms with E-state index in [0.717, 1.165) is 18.3 Å². The summed E-state index contributed by atoms with van der Waals surface area (Å²) >= 11 is 0.958. The summed E-state index contributed by atoms with van der Waals surface area (Å²) in [5.74, 6) is -0.409. The largest absolute Gasteiger partial charge is 0.496 e. The summed E-state index contributed by atoms with van der Waals surface area (Å²) in [5, 5.41) is 10.8. The summed E-state index contributed by atoms with van der Waals surface area (Å²) in [7, 11) is 3.11. The Morgan fingerprint density at radius 3 is 2.55 bits per heavy atom. The van der Waals surface area contributed by atoms with Crippen molar-refractivity contribution in [3.63, 3.8) is 0 Å². The van der Waals surface area contributed by atoms with E-state index in [9.17, 15) is 18.3 Å². The lowest BCUT2D eigenvalue weighted by molar-refractivity contribution is -0.256. The van der Waals surface area contributed by atoms with Gasteiger partial charge in [-0.05, 0) is 38.0 Å². The first-order chi connectivity index (χ1) is 14.5. The Labute approximate surface area is 187 Å². The molecule has 0 fully saturated rings. The number of allylic oxidation sites excluding steroid dienone is 4. The lowest BCUT2D eigenvalue weighted by atomic mass is 9.92. The van der Waals surface area contributed by atoms with Gasteiger partial charge < -0.3 is 14.7 Å². The minimum absolute atomic E-state index is 0.0656. The predicted molar refractivity (Wildman–Crippen MR) is 125 cm³/mol. The van der Waals surface area contributed by atoms with Gasteiger partial charge in [0.15, 0.2) is 5.60 Å². The van der Waals surface area contributed by atoms with Gasteiger partial charge in [0.25, 0.3) is 0 Å². The van der Waals surface area contributed by atoms with Crippen molar-refractivity contribution in [2.45, 2.75) is 32.5 Å². The maximum absolute atomic E-state index is 14.0. The van der Waals surface area contributed by atoms with Gasteiger partial charge in [-0.3, -0.25) is 0 Å². The minimum Gasteiger partial charge on any atom is -0.496 e. The van der Waals surface area contributed by atoms with Crippen molar-refractivity contribution >= 4 is 23.8 Å². The normalized spacial score (nSPS) is 14.5. The quantitative estimate of drug-likeness (QED) is 0.260. The van der Waals surface area contributed by atoms with Gasteiger partial charge in [-0.25, -0.2) is 4.99 Å². The van der Waals surface area contributed by atoms with Gasteiger partial charge in [0, 0.05) is 36.7 Å². The molecule has 0 saturated heterocycles. The van der Waals surface area contributed by atoms with Crippen molar-refractivity contribution in [1.82, 2.24) is 4.90 Å². The van der Waals surface area contributed by atoms with E-state index in [0.29, 0.717) is 16.8 Å². The van der Waals surface area contributed by atoms with E-state index in [4.69, 9.17) is 4.74 Å². The molecule has 31 heavy (non-hydrogen) atoms. The molecule has 0 aliphatic rings. The SMILES string of the molecule is C=C(/C=C\C=C/C)CSCC(O)(c1cc(C)c(/N=C/N(C)CC)cc1OC)C(F)(F)F. The van der Waals surface area contributed by atoms with Crippen LogP contribution in [-0.4, -0.2) is 54.7 Å². The van der Waals surface area contributed by atoms with Gasteiger partial charge in [0.05, 0.1) is 19.1 Å². The molecule has 0 spiro atoms. The number of aliphatic imine (C=N–C) groups is 1. The average Bonchev–Trinajstić information content (AvgIpc) is 2.71. The first-order valence-electron chi connectivity index (χ1n) is 9.77. The number of rotatable bonds is 11. The number of alkyl halides is 3. The van der Waals surface area contributed by atoms with E-state index in [1.807, 2.05) is 31.9 Å². The van der Waals surface area contributed by atoms with E-state index in [2.05, 4.69) is 11.6 Å². The fraction of sp³-hybridized carbons (Fsp3) is 0.435. The predicted octanol–water partition coefficient (Wildman–Crippen LogP) is 5.79.